The lowest BCUT2D eigenvalue weighted by atomic mass is 9.88. The van der Waals surface area contributed by atoms with Crippen LogP contribution in [0.3, 0.4) is 0 Å². The maximum Gasteiger partial charge on any atom is 0.251 e. The van der Waals surface area contributed by atoms with Crippen LogP contribution in [0.4, 0.5) is 0 Å². The molecule has 9 heteroatoms. The van der Waals surface area contributed by atoms with Crippen molar-refractivity contribution in [2.45, 2.75) is 38.5 Å². The minimum Gasteiger partial charge on any atom is -0.507 e. The summed E-state index contributed by atoms with van der Waals surface area (Å²) in [6, 6.07) is 12.5. The predicted octanol–water partition coefficient (Wildman–Crippen LogP) is 2.60. The number of nitrogens with one attached hydrogen (secondary N) is 3. The van der Waals surface area contributed by atoms with Gasteiger partial charge in [-0.3, -0.25) is 14.4 Å². The van der Waals surface area contributed by atoms with Crippen LogP contribution in [0.5, 0.6) is 5.75 Å². The van der Waals surface area contributed by atoms with Gasteiger partial charge < -0.3 is 25.6 Å². The van der Waals surface area contributed by atoms with Crippen molar-refractivity contribution in [1.29, 1.82) is 0 Å². The average Bonchev–Trinajstić information content (AvgIpc) is 3.40. The van der Waals surface area contributed by atoms with Gasteiger partial charge in [0.05, 0.1) is 18.6 Å². The maximum absolute atomic E-state index is 13.5. The van der Waals surface area contributed by atoms with Crippen molar-refractivity contribution in [3.8, 4) is 16.9 Å². The zero-order chi connectivity index (χ0) is 26.5. The summed E-state index contributed by atoms with van der Waals surface area (Å²) < 4.78 is 0. The van der Waals surface area contributed by atoms with Gasteiger partial charge in [0.25, 0.3) is 5.91 Å². The third-order valence-electron chi connectivity index (χ3n) is 7.36. The molecule has 1 aromatic heterocycles. The number of imidazole rings is 1. The number of phenols is 1. The summed E-state index contributed by atoms with van der Waals surface area (Å²) in [7, 11) is 0. The van der Waals surface area contributed by atoms with E-state index in [2.05, 4.69) is 20.6 Å². The zero-order valence-electron chi connectivity index (χ0n) is 21.3. The molecule has 38 heavy (non-hydrogen) atoms. The van der Waals surface area contributed by atoms with E-state index in [0.717, 1.165) is 28.9 Å². The molecule has 2 aromatic carbocycles. The first-order valence-corrected chi connectivity index (χ1v) is 13.2. The second-order valence-electron chi connectivity index (χ2n) is 10.0. The number of aromatic hydroxyl groups is 1. The summed E-state index contributed by atoms with van der Waals surface area (Å²) in [5, 5.41) is 16.4. The van der Waals surface area contributed by atoms with E-state index in [4.69, 9.17) is 0 Å². The summed E-state index contributed by atoms with van der Waals surface area (Å²) in [5.41, 5.74) is 4.87. The number of hydrogen-bond acceptors (Lipinski definition) is 5. The molecular formula is C29H33N5O4. The van der Waals surface area contributed by atoms with Gasteiger partial charge in [0.15, 0.2) is 0 Å². The van der Waals surface area contributed by atoms with Gasteiger partial charge in [0.2, 0.25) is 11.8 Å². The number of aryl methyl sites for hydroxylation is 1. The Hall–Kier alpha value is -4.14. The van der Waals surface area contributed by atoms with Gasteiger partial charge >= 0.3 is 0 Å². The molecule has 9 nitrogen and oxygen atoms in total. The van der Waals surface area contributed by atoms with Crippen molar-refractivity contribution >= 4 is 17.7 Å². The van der Waals surface area contributed by atoms with E-state index in [1.807, 2.05) is 18.2 Å². The number of amides is 3. The van der Waals surface area contributed by atoms with E-state index < -0.39 is 0 Å². The fourth-order valence-corrected chi connectivity index (χ4v) is 5.24. The Morgan fingerprint density at radius 2 is 1.87 bits per heavy atom. The number of rotatable bonds is 1. The van der Waals surface area contributed by atoms with Crippen molar-refractivity contribution < 1.29 is 19.5 Å². The number of phenolic OH excluding ortho intramolecular Hbond substituents is 1. The first-order chi connectivity index (χ1) is 18.5. The van der Waals surface area contributed by atoms with Crippen LogP contribution in [-0.4, -0.2) is 63.9 Å². The minimum absolute atomic E-state index is 0.00290. The highest BCUT2D eigenvalue weighted by Gasteiger charge is 2.30. The average molecular weight is 516 g/mol. The van der Waals surface area contributed by atoms with Crippen molar-refractivity contribution in [2.24, 2.45) is 5.92 Å². The highest BCUT2D eigenvalue weighted by Crippen LogP contribution is 2.31. The van der Waals surface area contributed by atoms with E-state index in [1.54, 1.807) is 35.5 Å². The highest BCUT2D eigenvalue weighted by molar-refractivity contribution is 5.95. The number of carbonyl (C=O) groups is 3. The summed E-state index contributed by atoms with van der Waals surface area (Å²) >= 11 is 0. The molecule has 0 fully saturated rings. The molecule has 198 valence electrons. The lowest BCUT2D eigenvalue weighted by Crippen LogP contribution is -2.45. The van der Waals surface area contributed by atoms with Gasteiger partial charge in [-0.05, 0) is 67.5 Å². The SMILES string of the molecule is O=C1CN(C(=O)C2CCc3nc[nH]c3C2)CCCCNC(=O)c2cccc(c2)-c2cc(ccc2O)CCN1. The normalized spacial score (nSPS) is 18.9. The van der Waals surface area contributed by atoms with E-state index in [-0.39, 0.29) is 35.9 Å². The minimum atomic E-state index is -0.197. The number of aromatic nitrogens is 2. The van der Waals surface area contributed by atoms with Crippen LogP contribution in [0.25, 0.3) is 11.1 Å². The van der Waals surface area contributed by atoms with Crippen LogP contribution in [0, 0.1) is 5.92 Å². The topological polar surface area (TPSA) is 127 Å². The van der Waals surface area contributed by atoms with E-state index in [9.17, 15) is 19.5 Å². The number of benzene rings is 2. The lowest BCUT2D eigenvalue weighted by molar-refractivity contribution is -0.139. The second kappa shape index (κ2) is 11.5. The molecule has 3 amide bonds. The monoisotopic (exact) mass is 515 g/mol. The Morgan fingerprint density at radius 3 is 2.76 bits per heavy atom. The Kier molecular flexibility index (Phi) is 7.72. The summed E-state index contributed by atoms with van der Waals surface area (Å²) in [6.45, 7) is 1.32. The molecule has 1 unspecified atom stereocenters. The number of hydrogen-bond donors (Lipinski definition) is 4. The van der Waals surface area contributed by atoms with Crippen LogP contribution in [0.2, 0.25) is 0 Å². The number of nitrogens with zero attached hydrogens (tertiary/aromatic N) is 2. The van der Waals surface area contributed by atoms with Gasteiger partial charge in [0, 0.05) is 48.8 Å². The largest absolute Gasteiger partial charge is 0.507 e. The van der Waals surface area contributed by atoms with Crippen molar-refractivity contribution in [3.63, 3.8) is 0 Å². The first-order valence-electron chi connectivity index (χ1n) is 13.2. The molecule has 1 aliphatic carbocycles. The molecule has 0 spiro atoms. The van der Waals surface area contributed by atoms with Crippen LogP contribution in [0.15, 0.2) is 48.8 Å². The van der Waals surface area contributed by atoms with Crippen LogP contribution in [-0.2, 0) is 28.9 Å². The van der Waals surface area contributed by atoms with Gasteiger partial charge in [-0.15, -0.1) is 0 Å². The lowest BCUT2D eigenvalue weighted by Gasteiger charge is -2.29. The predicted molar refractivity (Wildman–Crippen MR) is 143 cm³/mol. The van der Waals surface area contributed by atoms with Crippen molar-refractivity contribution in [1.82, 2.24) is 25.5 Å². The van der Waals surface area contributed by atoms with Crippen molar-refractivity contribution in [2.75, 3.05) is 26.2 Å². The smallest absolute Gasteiger partial charge is 0.251 e. The fourth-order valence-electron chi connectivity index (χ4n) is 5.24. The zero-order valence-corrected chi connectivity index (χ0v) is 21.3. The standard InChI is InChI=1S/C29H33N5O4/c35-26-9-6-19-10-12-30-27(36)17-34(29(38)22-7-8-24-25(16-22)33-18-32-24)13-2-1-11-31-28(37)21-5-3-4-20(15-21)23(26)14-19/h3-6,9,14-15,18,22,35H,1-2,7-8,10-13,16-17H2,(H,30,36)(H,31,37)(H,32,33). The van der Waals surface area contributed by atoms with Crippen molar-refractivity contribution in [3.05, 3.63) is 71.3 Å². The molecule has 4 N–H and O–H groups in total. The Balaban J connectivity index is 1.32. The molecule has 0 saturated carbocycles. The number of aromatic amines is 1. The van der Waals surface area contributed by atoms with E-state index in [1.165, 1.54) is 0 Å². The summed E-state index contributed by atoms with van der Waals surface area (Å²) in [6.07, 6.45) is 5.64. The number of H-pyrrole nitrogens is 1. The van der Waals surface area contributed by atoms with Gasteiger partial charge in [0.1, 0.15) is 5.75 Å². The van der Waals surface area contributed by atoms with Crippen LogP contribution < -0.4 is 10.6 Å². The quantitative estimate of drug-likeness (QED) is 0.396. The summed E-state index contributed by atoms with van der Waals surface area (Å²) in [5.74, 6) is -0.454. The van der Waals surface area contributed by atoms with Gasteiger partial charge in [-0.25, -0.2) is 4.98 Å². The third kappa shape index (κ3) is 5.88. The molecule has 2 aliphatic rings. The van der Waals surface area contributed by atoms with Gasteiger partial charge in [-0.2, -0.15) is 0 Å². The molecule has 0 saturated heterocycles. The van der Waals surface area contributed by atoms with E-state index >= 15 is 0 Å². The third-order valence-corrected chi connectivity index (χ3v) is 7.36. The molecule has 0 radical (unpaired) electrons. The molecule has 1 atom stereocenters. The van der Waals surface area contributed by atoms with Gasteiger partial charge in [-0.1, -0.05) is 18.2 Å². The second-order valence-corrected chi connectivity index (χ2v) is 10.0. The number of carbonyl (C=O) groups excluding carboxylic acids is 3. The Morgan fingerprint density at radius 1 is 1.00 bits per heavy atom. The number of fused-ring (bicyclic) bond motifs is 6. The van der Waals surface area contributed by atoms with Crippen LogP contribution in [0.1, 0.15) is 46.6 Å². The molecule has 5 rings (SSSR count). The maximum atomic E-state index is 13.5. The molecule has 4 bridgehead atoms. The van der Waals surface area contributed by atoms with Crippen LogP contribution >= 0.6 is 0 Å². The fraction of sp³-hybridized carbons (Fsp3) is 0.379. The molecular weight excluding hydrogens is 482 g/mol. The Labute approximate surface area is 221 Å². The Bertz CT molecular complexity index is 1330. The molecule has 3 aromatic rings. The van der Waals surface area contributed by atoms with E-state index in [0.29, 0.717) is 62.9 Å². The first kappa shape index (κ1) is 25.5. The molecule has 2 heterocycles. The molecule has 1 aliphatic heterocycles. The highest BCUT2D eigenvalue weighted by atomic mass is 16.3. The summed E-state index contributed by atoms with van der Waals surface area (Å²) in [4.78, 5) is 48.2.